The number of ether oxygens (including phenoxy) is 2. The number of allylic oxidation sites excluding steroid dienone is 1. The number of morpholine rings is 1. The molecule has 8 nitrogen and oxygen atoms in total. The van der Waals surface area contributed by atoms with Gasteiger partial charge in [0.25, 0.3) is 0 Å². The number of urea groups is 1. The first-order chi connectivity index (χ1) is 21.0. The van der Waals surface area contributed by atoms with E-state index in [9.17, 15) is 14.4 Å². The average molecular weight is 582 g/mol. The van der Waals surface area contributed by atoms with Crippen LogP contribution in [-0.2, 0) is 25.7 Å². The van der Waals surface area contributed by atoms with Crippen molar-refractivity contribution < 1.29 is 23.9 Å². The van der Waals surface area contributed by atoms with E-state index in [0.717, 1.165) is 35.1 Å². The predicted octanol–water partition coefficient (Wildman–Crippen LogP) is 5.86. The van der Waals surface area contributed by atoms with E-state index in [1.807, 2.05) is 96.8 Å². The molecule has 1 N–H and O–H groups in total. The van der Waals surface area contributed by atoms with Crippen LogP contribution in [0.3, 0.4) is 0 Å². The molecule has 2 aliphatic heterocycles. The van der Waals surface area contributed by atoms with E-state index in [4.69, 9.17) is 9.47 Å². The molecule has 0 radical (unpaired) electrons. The zero-order chi connectivity index (χ0) is 30.0. The van der Waals surface area contributed by atoms with Crippen molar-refractivity contribution in [3.05, 3.63) is 107 Å². The number of rotatable bonds is 11. The lowest BCUT2D eigenvalue weighted by Gasteiger charge is -2.35. The Bertz CT molecular complexity index is 1420. The van der Waals surface area contributed by atoms with Crippen LogP contribution < -0.4 is 5.32 Å². The number of amides is 3. The number of carbonyl (C=O) groups excluding carboxylic acids is 3. The maximum Gasteiger partial charge on any atom is 0.338 e. The lowest BCUT2D eigenvalue weighted by molar-refractivity contribution is -0.141. The van der Waals surface area contributed by atoms with Gasteiger partial charge in [0.05, 0.1) is 24.8 Å². The molecule has 5 rings (SSSR count). The van der Waals surface area contributed by atoms with Gasteiger partial charge in [-0.25, -0.2) is 9.59 Å². The normalized spacial score (nSPS) is 17.0. The van der Waals surface area contributed by atoms with Gasteiger partial charge in [-0.3, -0.25) is 9.69 Å². The van der Waals surface area contributed by atoms with Gasteiger partial charge in [0, 0.05) is 31.8 Å². The van der Waals surface area contributed by atoms with Crippen LogP contribution in [0.5, 0.6) is 0 Å². The average Bonchev–Trinajstić information content (AvgIpc) is 3.06. The van der Waals surface area contributed by atoms with Gasteiger partial charge in [-0.1, -0.05) is 91.3 Å². The molecule has 0 bridgehead atoms. The molecule has 1 fully saturated rings. The van der Waals surface area contributed by atoms with Crippen molar-refractivity contribution in [2.45, 2.75) is 45.3 Å². The van der Waals surface area contributed by atoms with Gasteiger partial charge in [-0.15, -0.1) is 0 Å². The highest BCUT2D eigenvalue weighted by Gasteiger charge is 2.36. The Morgan fingerprint density at radius 2 is 1.51 bits per heavy atom. The Balaban J connectivity index is 1.29. The number of carbonyl (C=O) groups is 3. The Labute approximate surface area is 253 Å². The molecular weight excluding hydrogens is 542 g/mol. The highest BCUT2D eigenvalue weighted by atomic mass is 16.5. The van der Waals surface area contributed by atoms with Crippen molar-refractivity contribution >= 4 is 17.9 Å². The molecule has 1 atom stereocenters. The van der Waals surface area contributed by atoms with Gasteiger partial charge < -0.3 is 19.7 Å². The summed E-state index contributed by atoms with van der Waals surface area (Å²) >= 11 is 0. The number of benzene rings is 3. The van der Waals surface area contributed by atoms with E-state index >= 15 is 0 Å². The fourth-order valence-corrected chi connectivity index (χ4v) is 5.56. The van der Waals surface area contributed by atoms with Crippen molar-refractivity contribution in [1.82, 2.24) is 15.1 Å². The van der Waals surface area contributed by atoms with E-state index in [-0.39, 0.29) is 18.5 Å². The van der Waals surface area contributed by atoms with Crippen molar-refractivity contribution in [1.29, 1.82) is 0 Å². The van der Waals surface area contributed by atoms with Crippen molar-refractivity contribution in [3.63, 3.8) is 0 Å². The summed E-state index contributed by atoms with van der Waals surface area (Å²) in [5, 5.41) is 3.06. The van der Waals surface area contributed by atoms with Crippen LogP contribution in [0, 0.1) is 0 Å². The molecule has 2 heterocycles. The molecule has 0 aliphatic carbocycles. The molecular formula is C35H39N3O5. The third-order valence-electron chi connectivity index (χ3n) is 8.02. The van der Waals surface area contributed by atoms with Gasteiger partial charge in [0.1, 0.15) is 6.61 Å². The van der Waals surface area contributed by atoms with Crippen LogP contribution >= 0.6 is 0 Å². The van der Waals surface area contributed by atoms with Gasteiger partial charge in [0.2, 0.25) is 5.91 Å². The van der Waals surface area contributed by atoms with E-state index in [2.05, 4.69) is 5.32 Å². The summed E-state index contributed by atoms with van der Waals surface area (Å²) in [5.41, 5.74) is 4.85. The number of nitrogens with zero attached hydrogens (tertiary/aromatic N) is 2. The second kappa shape index (κ2) is 14.6. The second-order valence-corrected chi connectivity index (χ2v) is 10.9. The molecule has 8 heteroatoms. The number of unbranched alkanes of at least 4 members (excludes halogenated alkanes) is 2. The minimum Gasteiger partial charge on any atom is -0.457 e. The monoisotopic (exact) mass is 581 g/mol. The fraction of sp³-hybridized carbons (Fsp3) is 0.343. The molecule has 224 valence electrons. The third kappa shape index (κ3) is 7.70. The summed E-state index contributed by atoms with van der Waals surface area (Å²) in [5.74, 6) is -0.306. The minimum atomic E-state index is -0.636. The standard InChI is InChI=1S/C35H39N3O5/c1-26-32(34(40)43-25-27-11-5-2-6-12-27)33(30-18-16-29(17-19-30)28-13-7-3-8-14-28)36-35(41)38(26)20-10-4-9-15-31(39)37-21-23-42-24-22-37/h2-3,5-8,11-14,16-19,33H,4,9-10,15,20-25H2,1H3,(H,36,41). The first-order valence-electron chi connectivity index (χ1n) is 15.0. The van der Waals surface area contributed by atoms with E-state index in [1.54, 1.807) is 4.90 Å². The topological polar surface area (TPSA) is 88.2 Å². The number of hydrogen-bond donors (Lipinski definition) is 1. The van der Waals surface area contributed by atoms with Crippen molar-refractivity contribution in [2.24, 2.45) is 0 Å². The zero-order valence-electron chi connectivity index (χ0n) is 24.7. The fourth-order valence-electron chi connectivity index (χ4n) is 5.56. The molecule has 3 amide bonds. The van der Waals surface area contributed by atoms with Crippen LogP contribution in [0.2, 0.25) is 0 Å². The second-order valence-electron chi connectivity index (χ2n) is 10.9. The van der Waals surface area contributed by atoms with Crippen LogP contribution in [0.1, 0.15) is 49.8 Å². The number of esters is 1. The Morgan fingerprint density at radius 1 is 0.860 bits per heavy atom. The molecule has 0 saturated carbocycles. The van der Waals surface area contributed by atoms with Crippen LogP contribution in [0.15, 0.2) is 96.2 Å². The SMILES string of the molecule is CC1=C(C(=O)OCc2ccccc2)C(c2ccc(-c3ccccc3)cc2)NC(=O)N1CCCCCC(=O)N1CCOCC1. The molecule has 3 aromatic rings. The lowest BCUT2D eigenvalue weighted by Crippen LogP contribution is -2.48. The Morgan fingerprint density at radius 3 is 2.21 bits per heavy atom. The Hall–Kier alpha value is -4.43. The quantitative estimate of drug-likeness (QED) is 0.227. The largest absolute Gasteiger partial charge is 0.457 e. The highest BCUT2D eigenvalue weighted by molar-refractivity contribution is 5.95. The van der Waals surface area contributed by atoms with E-state index < -0.39 is 12.0 Å². The van der Waals surface area contributed by atoms with Gasteiger partial charge in [-0.05, 0) is 42.0 Å². The molecule has 2 aliphatic rings. The summed E-state index contributed by atoms with van der Waals surface area (Å²) in [7, 11) is 0. The first kappa shape index (κ1) is 30.0. The predicted molar refractivity (Wildman–Crippen MR) is 165 cm³/mol. The van der Waals surface area contributed by atoms with Crippen LogP contribution in [0.25, 0.3) is 11.1 Å². The number of nitrogens with one attached hydrogen (secondary N) is 1. The van der Waals surface area contributed by atoms with Crippen LogP contribution in [0.4, 0.5) is 4.79 Å². The first-order valence-corrected chi connectivity index (χ1v) is 15.0. The summed E-state index contributed by atoms with van der Waals surface area (Å²) in [6.45, 7) is 4.88. The summed E-state index contributed by atoms with van der Waals surface area (Å²) < 4.78 is 11.1. The van der Waals surface area contributed by atoms with Gasteiger partial charge in [-0.2, -0.15) is 0 Å². The minimum absolute atomic E-state index is 0.140. The molecule has 0 spiro atoms. The van der Waals surface area contributed by atoms with Gasteiger partial charge >= 0.3 is 12.0 Å². The van der Waals surface area contributed by atoms with E-state index in [0.29, 0.717) is 57.0 Å². The molecule has 1 saturated heterocycles. The van der Waals surface area contributed by atoms with Gasteiger partial charge in [0.15, 0.2) is 0 Å². The van der Waals surface area contributed by atoms with Crippen molar-refractivity contribution in [3.8, 4) is 11.1 Å². The molecule has 43 heavy (non-hydrogen) atoms. The molecule has 0 aromatic heterocycles. The Kier molecular flexibility index (Phi) is 10.2. The molecule has 3 aromatic carbocycles. The summed E-state index contributed by atoms with van der Waals surface area (Å²) in [4.78, 5) is 42.9. The summed E-state index contributed by atoms with van der Waals surface area (Å²) in [6, 6.07) is 26.6. The summed E-state index contributed by atoms with van der Waals surface area (Å²) in [6.07, 6.45) is 2.74. The maximum atomic E-state index is 13.6. The smallest absolute Gasteiger partial charge is 0.338 e. The van der Waals surface area contributed by atoms with E-state index in [1.165, 1.54) is 0 Å². The highest BCUT2D eigenvalue weighted by Crippen LogP contribution is 2.33. The third-order valence-corrected chi connectivity index (χ3v) is 8.02. The van der Waals surface area contributed by atoms with Crippen LogP contribution in [-0.4, -0.2) is 60.6 Å². The zero-order valence-corrected chi connectivity index (χ0v) is 24.7. The van der Waals surface area contributed by atoms with Crippen molar-refractivity contribution in [2.75, 3.05) is 32.8 Å². The lowest BCUT2D eigenvalue weighted by atomic mass is 9.93. The number of hydrogen-bond acceptors (Lipinski definition) is 5. The maximum absolute atomic E-state index is 13.6. The molecule has 1 unspecified atom stereocenters.